The van der Waals surface area contributed by atoms with Gasteiger partial charge in [-0.3, -0.25) is 0 Å². The Morgan fingerprint density at radius 3 is 2.52 bits per heavy atom. The van der Waals surface area contributed by atoms with Crippen molar-refractivity contribution in [1.29, 1.82) is 0 Å². The zero-order valence-corrected chi connectivity index (χ0v) is 17.3. The Kier molecular flexibility index (Phi) is 5.79. The fourth-order valence-corrected chi connectivity index (χ4v) is 2.68. The lowest BCUT2D eigenvalue weighted by Crippen LogP contribution is -2.38. The summed E-state index contributed by atoms with van der Waals surface area (Å²) in [5, 5.41) is 18.6. The third kappa shape index (κ3) is 4.86. The molecule has 1 aromatic heterocycles. The fourth-order valence-electron chi connectivity index (χ4n) is 2.55. The average molecular weight is 416 g/mol. The van der Waals surface area contributed by atoms with Crippen LogP contribution in [0.5, 0.6) is 11.5 Å². The highest BCUT2D eigenvalue weighted by Crippen LogP contribution is 2.29. The molecule has 0 bridgehead atoms. The minimum atomic E-state index is -1.32. The van der Waals surface area contributed by atoms with Gasteiger partial charge in [0.05, 0.1) is 11.9 Å². The van der Waals surface area contributed by atoms with E-state index in [-0.39, 0.29) is 6.10 Å². The summed E-state index contributed by atoms with van der Waals surface area (Å²) in [6.07, 6.45) is 1.32. The molecule has 29 heavy (non-hydrogen) atoms. The quantitative estimate of drug-likeness (QED) is 0.606. The Morgan fingerprint density at radius 2 is 1.90 bits per heavy atom. The minimum absolute atomic E-state index is 0.335. The van der Waals surface area contributed by atoms with E-state index in [1.165, 1.54) is 18.6 Å². The predicted molar refractivity (Wildman–Crippen MR) is 109 cm³/mol. The number of hydrogen-bond acceptors (Lipinski definition) is 5. The van der Waals surface area contributed by atoms with Crippen LogP contribution in [-0.2, 0) is 4.79 Å². The number of carboxylic acids is 1. The standard InChI is InChI=1S/C21H22ClN3O4/c1-13-11-17(9-10-19(13)29-21(3,4)20(26)27)28-14(2)18-12-23-25(24-18)16-7-5-15(22)6-8-16/h5-12,14H,1-4H3,(H,26,27)/t14-/m0/s1. The molecule has 1 atom stereocenters. The Balaban J connectivity index is 1.71. The molecular formula is C21H22ClN3O4. The Morgan fingerprint density at radius 1 is 1.21 bits per heavy atom. The molecule has 0 aliphatic heterocycles. The lowest BCUT2D eigenvalue weighted by Gasteiger charge is -2.23. The summed E-state index contributed by atoms with van der Waals surface area (Å²) in [6.45, 7) is 6.72. The van der Waals surface area contributed by atoms with E-state index in [0.29, 0.717) is 22.2 Å². The second kappa shape index (κ2) is 8.13. The highest BCUT2D eigenvalue weighted by molar-refractivity contribution is 6.30. The molecule has 0 saturated carbocycles. The highest BCUT2D eigenvalue weighted by Gasteiger charge is 2.30. The molecular weight excluding hydrogens is 394 g/mol. The number of ether oxygens (including phenoxy) is 2. The number of nitrogens with zero attached hydrogens (tertiary/aromatic N) is 3. The van der Waals surface area contributed by atoms with Crippen LogP contribution in [0, 0.1) is 6.92 Å². The number of rotatable bonds is 7. The van der Waals surface area contributed by atoms with Crippen molar-refractivity contribution in [1.82, 2.24) is 15.0 Å². The van der Waals surface area contributed by atoms with Crippen LogP contribution in [-0.4, -0.2) is 31.7 Å². The van der Waals surface area contributed by atoms with Crippen molar-refractivity contribution in [2.24, 2.45) is 0 Å². The maximum absolute atomic E-state index is 11.3. The van der Waals surface area contributed by atoms with Crippen LogP contribution in [0.15, 0.2) is 48.7 Å². The van der Waals surface area contributed by atoms with Crippen LogP contribution >= 0.6 is 11.6 Å². The van der Waals surface area contributed by atoms with Gasteiger partial charge in [0, 0.05) is 5.02 Å². The number of halogens is 1. The monoisotopic (exact) mass is 415 g/mol. The van der Waals surface area contributed by atoms with Crippen LogP contribution in [0.2, 0.25) is 5.02 Å². The van der Waals surface area contributed by atoms with Crippen molar-refractivity contribution in [2.75, 3.05) is 0 Å². The summed E-state index contributed by atoms with van der Waals surface area (Å²) in [5.41, 5.74) is 0.922. The van der Waals surface area contributed by atoms with Gasteiger partial charge in [-0.15, -0.1) is 5.10 Å². The second-order valence-electron chi connectivity index (χ2n) is 7.14. The minimum Gasteiger partial charge on any atom is -0.484 e. The van der Waals surface area contributed by atoms with Gasteiger partial charge in [0.2, 0.25) is 0 Å². The van der Waals surface area contributed by atoms with Crippen LogP contribution in [0.3, 0.4) is 0 Å². The molecule has 7 nitrogen and oxygen atoms in total. The molecule has 1 N–H and O–H groups in total. The third-order valence-corrected chi connectivity index (χ3v) is 4.58. The Bertz CT molecular complexity index is 1020. The van der Waals surface area contributed by atoms with Gasteiger partial charge in [0.15, 0.2) is 5.60 Å². The lowest BCUT2D eigenvalue weighted by molar-refractivity contribution is -0.152. The van der Waals surface area contributed by atoms with Gasteiger partial charge in [0.25, 0.3) is 0 Å². The maximum atomic E-state index is 11.3. The van der Waals surface area contributed by atoms with Gasteiger partial charge in [-0.1, -0.05) is 11.6 Å². The molecule has 0 amide bonds. The van der Waals surface area contributed by atoms with Gasteiger partial charge in [-0.25, -0.2) is 4.79 Å². The fraction of sp³-hybridized carbons (Fsp3) is 0.286. The summed E-state index contributed by atoms with van der Waals surface area (Å²) in [6, 6.07) is 12.5. The molecule has 8 heteroatoms. The molecule has 3 aromatic rings. The number of aryl methyl sites for hydroxylation is 1. The molecule has 152 valence electrons. The van der Waals surface area contributed by atoms with E-state index >= 15 is 0 Å². The van der Waals surface area contributed by atoms with E-state index in [1.54, 1.807) is 36.5 Å². The molecule has 0 aliphatic carbocycles. The normalized spacial score (nSPS) is 12.4. The van der Waals surface area contributed by atoms with E-state index in [0.717, 1.165) is 11.3 Å². The third-order valence-electron chi connectivity index (χ3n) is 4.32. The SMILES string of the molecule is Cc1cc(O[C@@H](C)c2cnn(-c3ccc(Cl)cc3)n2)ccc1OC(C)(C)C(=O)O. The smallest absolute Gasteiger partial charge is 0.347 e. The molecule has 0 unspecified atom stereocenters. The van der Waals surface area contributed by atoms with Gasteiger partial charge in [-0.05, 0) is 75.7 Å². The number of carbonyl (C=O) groups is 1. The van der Waals surface area contributed by atoms with E-state index in [4.69, 9.17) is 21.1 Å². The Hall–Kier alpha value is -3.06. The molecule has 3 rings (SSSR count). The number of benzene rings is 2. The second-order valence-corrected chi connectivity index (χ2v) is 7.58. The van der Waals surface area contributed by atoms with Gasteiger partial charge in [-0.2, -0.15) is 9.90 Å². The van der Waals surface area contributed by atoms with Crippen molar-refractivity contribution in [3.05, 3.63) is 64.9 Å². The van der Waals surface area contributed by atoms with E-state index in [9.17, 15) is 9.90 Å². The lowest BCUT2D eigenvalue weighted by atomic mass is 10.1. The first-order chi connectivity index (χ1) is 13.7. The van der Waals surface area contributed by atoms with Crippen LogP contribution in [0.4, 0.5) is 0 Å². The number of aromatic nitrogens is 3. The molecule has 0 radical (unpaired) electrons. The summed E-state index contributed by atoms with van der Waals surface area (Å²) < 4.78 is 11.6. The highest BCUT2D eigenvalue weighted by atomic mass is 35.5. The van der Waals surface area contributed by atoms with Crippen LogP contribution in [0.25, 0.3) is 5.69 Å². The predicted octanol–water partition coefficient (Wildman–Crippen LogP) is 4.61. The van der Waals surface area contributed by atoms with Gasteiger partial charge in [0.1, 0.15) is 23.3 Å². The number of carboxylic acid groups (broad SMARTS) is 1. The first-order valence-corrected chi connectivity index (χ1v) is 9.41. The topological polar surface area (TPSA) is 86.5 Å². The van der Waals surface area contributed by atoms with Crippen LogP contribution in [0.1, 0.15) is 38.1 Å². The number of hydrogen-bond donors (Lipinski definition) is 1. The van der Waals surface area contributed by atoms with Crippen molar-refractivity contribution < 1.29 is 19.4 Å². The molecule has 0 fully saturated rings. The Labute approximate surface area is 173 Å². The maximum Gasteiger partial charge on any atom is 0.347 e. The summed E-state index contributed by atoms with van der Waals surface area (Å²) in [7, 11) is 0. The molecule has 0 aliphatic rings. The summed E-state index contributed by atoms with van der Waals surface area (Å²) in [5.74, 6) is 0.0808. The summed E-state index contributed by atoms with van der Waals surface area (Å²) >= 11 is 5.91. The van der Waals surface area contributed by atoms with Crippen molar-refractivity contribution >= 4 is 17.6 Å². The number of aliphatic carboxylic acids is 1. The molecule has 1 heterocycles. The molecule has 2 aromatic carbocycles. The largest absolute Gasteiger partial charge is 0.484 e. The first-order valence-electron chi connectivity index (χ1n) is 9.03. The van der Waals surface area contributed by atoms with Crippen LogP contribution < -0.4 is 9.47 Å². The van der Waals surface area contributed by atoms with E-state index in [2.05, 4.69) is 10.2 Å². The molecule has 0 saturated heterocycles. The van der Waals surface area contributed by atoms with Crippen molar-refractivity contribution in [3.8, 4) is 17.2 Å². The average Bonchev–Trinajstić information content (AvgIpc) is 3.14. The van der Waals surface area contributed by atoms with Gasteiger partial charge < -0.3 is 14.6 Å². The van der Waals surface area contributed by atoms with Crippen molar-refractivity contribution in [3.63, 3.8) is 0 Å². The zero-order valence-electron chi connectivity index (χ0n) is 16.6. The van der Waals surface area contributed by atoms with Crippen molar-refractivity contribution in [2.45, 2.75) is 39.4 Å². The van der Waals surface area contributed by atoms with E-state index in [1.807, 2.05) is 26.0 Å². The molecule has 0 spiro atoms. The first kappa shape index (κ1) is 20.7. The zero-order chi connectivity index (χ0) is 21.2. The van der Waals surface area contributed by atoms with E-state index < -0.39 is 11.6 Å². The van der Waals surface area contributed by atoms with Gasteiger partial charge >= 0.3 is 5.97 Å². The summed E-state index contributed by atoms with van der Waals surface area (Å²) in [4.78, 5) is 12.8.